The van der Waals surface area contributed by atoms with E-state index in [1.54, 1.807) is 18.2 Å². The van der Waals surface area contributed by atoms with E-state index in [0.29, 0.717) is 17.7 Å². The number of anilines is 1. The van der Waals surface area contributed by atoms with E-state index in [-0.39, 0.29) is 5.82 Å². The number of aliphatic hydroxyl groups is 1. The average molecular weight is 245 g/mol. The molecule has 0 aliphatic rings. The van der Waals surface area contributed by atoms with Gasteiger partial charge in [-0.15, -0.1) is 0 Å². The lowest BCUT2D eigenvalue weighted by atomic mass is 9.97. The van der Waals surface area contributed by atoms with E-state index in [1.807, 2.05) is 19.1 Å². The minimum atomic E-state index is -0.716. The first kappa shape index (κ1) is 12.6. The van der Waals surface area contributed by atoms with Crippen LogP contribution in [0, 0.1) is 12.7 Å². The van der Waals surface area contributed by atoms with Gasteiger partial charge in [-0.05, 0) is 36.2 Å². The summed E-state index contributed by atoms with van der Waals surface area (Å²) in [6.07, 6.45) is -0.357. The zero-order valence-electron chi connectivity index (χ0n) is 10.2. The van der Waals surface area contributed by atoms with E-state index < -0.39 is 6.10 Å². The molecule has 0 radical (unpaired) electrons. The van der Waals surface area contributed by atoms with Crippen molar-refractivity contribution in [1.82, 2.24) is 0 Å². The van der Waals surface area contributed by atoms with Crippen molar-refractivity contribution in [3.8, 4) is 0 Å². The fourth-order valence-electron chi connectivity index (χ4n) is 1.99. The molecule has 0 amide bonds. The van der Waals surface area contributed by atoms with Crippen LogP contribution in [0.25, 0.3) is 0 Å². The Morgan fingerprint density at radius 3 is 2.67 bits per heavy atom. The summed E-state index contributed by atoms with van der Waals surface area (Å²) in [4.78, 5) is 0. The normalized spacial score (nSPS) is 12.4. The zero-order valence-corrected chi connectivity index (χ0v) is 10.2. The topological polar surface area (TPSA) is 46.2 Å². The Morgan fingerprint density at radius 1 is 1.22 bits per heavy atom. The van der Waals surface area contributed by atoms with Crippen LogP contribution in [0.1, 0.15) is 22.8 Å². The van der Waals surface area contributed by atoms with Crippen LogP contribution >= 0.6 is 0 Å². The van der Waals surface area contributed by atoms with Crippen molar-refractivity contribution in [2.45, 2.75) is 19.4 Å². The standard InChI is InChI=1S/C15H16FNO/c1-10-6-7-12(16)8-11(10)9-15(18)13-4-2-3-5-14(13)17/h2-8,15,18H,9,17H2,1H3. The molecule has 0 aromatic heterocycles. The van der Waals surface area contributed by atoms with Gasteiger partial charge in [-0.2, -0.15) is 0 Å². The molecular weight excluding hydrogens is 229 g/mol. The quantitative estimate of drug-likeness (QED) is 0.816. The fraction of sp³-hybridized carbons (Fsp3) is 0.200. The minimum Gasteiger partial charge on any atom is -0.398 e. The van der Waals surface area contributed by atoms with Gasteiger partial charge < -0.3 is 10.8 Å². The first-order valence-electron chi connectivity index (χ1n) is 5.85. The molecule has 18 heavy (non-hydrogen) atoms. The Hall–Kier alpha value is -1.87. The largest absolute Gasteiger partial charge is 0.398 e. The molecule has 0 saturated heterocycles. The van der Waals surface area contributed by atoms with Gasteiger partial charge in [0.1, 0.15) is 5.82 Å². The first-order valence-corrected chi connectivity index (χ1v) is 5.85. The van der Waals surface area contributed by atoms with Gasteiger partial charge in [-0.25, -0.2) is 4.39 Å². The van der Waals surface area contributed by atoms with Crippen LogP contribution in [0.3, 0.4) is 0 Å². The van der Waals surface area contributed by atoms with Crippen molar-refractivity contribution in [3.63, 3.8) is 0 Å². The Labute approximate surface area is 106 Å². The number of nitrogen functional groups attached to an aromatic ring is 1. The lowest BCUT2D eigenvalue weighted by molar-refractivity contribution is 0.179. The highest BCUT2D eigenvalue weighted by Crippen LogP contribution is 2.25. The molecule has 0 fully saturated rings. The second kappa shape index (κ2) is 5.19. The van der Waals surface area contributed by atoms with Crippen molar-refractivity contribution in [3.05, 3.63) is 65.0 Å². The highest BCUT2D eigenvalue weighted by molar-refractivity contribution is 5.48. The minimum absolute atomic E-state index is 0.288. The molecule has 0 heterocycles. The Bertz CT molecular complexity index is 554. The summed E-state index contributed by atoms with van der Waals surface area (Å²) in [5.74, 6) is -0.288. The number of rotatable bonds is 3. The predicted octanol–water partition coefficient (Wildman–Crippen LogP) is 2.99. The van der Waals surface area contributed by atoms with Gasteiger partial charge in [0.25, 0.3) is 0 Å². The number of hydrogen-bond donors (Lipinski definition) is 2. The number of aryl methyl sites for hydroxylation is 1. The SMILES string of the molecule is Cc1ccc(F)cc1CC(O)c1ccccc1N. The molecule has 2 nitrogen and oxygen atoms in total. The van der Waals surface area contributed by atoms with E-state index in [2.05, 4.69) is 0 Å². The molecule has 94 valence electrons. The highest BCUT2D eigenvalue weighted by atomic mass is 19.1. The Balaban J connectivity index is 2.24. The number of para-hydroxylation sites is 1. The van der Waals surface area contributed by atoms with E-state index >= 15 is 0 Å². The van der Waals surface area contributed by atoms with Gasteiger partial charge in [0.2, 0.25) is 0 Å². The van der Waals surface area contributed by atoms with Gasteiger partial charge in [0.15, 0.2) is 0 Å². The number of benzene rings is 2. The summed E-state index contributed by atoms with van der Waals surface area (Å²) in [6, 6.07) is 11.8. The zero-order chi connectivity index (χ0) is 13.1. The van der Waals surface area contributed by atoms with Crippen LogP contribution in [-0.4, -0.2) is 5.11 Å². The molecule has 0 bridgehead atoms. The molecule has 3 heteroatoms. The summed E-state index contributed by atoms with van der Waals surface area (Å²) < 4.78 is 13.2. The number of halogens is 1. The van der Waals surface area contributed by atoms with Crippen LogP contribution in [0.5, 0.6) is 0 Å². The van der Waals surface area contributed by atoms with Crippen molar-refractivity contribution in [2.75, 3.05) is 5.73 Å². The molecule has 2 rings (SSSR count). The molecule has 0 aliphatic heterocycles. The van der Waals surface area contributed by atoms with Crippen molar-refractivity contribution in [1.29, 1.82) is 0 Å². The molecular formula is C15H16FNO. The monoisotopic (exact) mass is 245 g/mol. The summed E-state index contributed by atoms with van der Waals surface area (Å²) in [5.41, 5.74) is 8.81. The smallest absolute Gasteiger partial charge is 0.123 e. The van der Waals surface area contributed by atoms with Gasteiger partial charge in [0, 0.05) is 17.7 Å². The molecule has 2 aromatic carbocycles. The number of aliphatic hydroxyl groups excluding tert-OH is 1. The molecule has 0 saturated carbocycles. The van der Waals surface area contributed by atoms with E-state index in [1.165, 1.54) is 12.1 Å². The first-order chi connectivity index (χ1) is 8.58. The second-order valence-electron chi connectivity index (χ2n) is 4.42. The fourth-order valence-corrected chi connectivity index (χ4v) is 1.99. The maximum absolute atomic E-state index is 13.2. The summed E-state index contributed by atoms with van der Waals surface area (Å²) >= 11 is 0. The van der Waals surface area contributed by atoms with Crippen LogP contribution < -0.4 is 5.73 Å². The van der Waals surface area contributed by atoms with E-state index in [0.717, 1.165) is 11.1 Å². The second-order valence-corrected chi connectivity index (χ2v) is 4.42. The van der Waals surface area contributed by atoms with Crippen LogP contribution in [-0.2, 0) is 6.42 Å². The van der Waals surface area contributed by atoms with Crippen molar-refractivity contribution < 1.29 is 9.50 Å². The third kappa shape index (κ3) is 2.68. The maximum Gasteiger partial charge on any atom is 0.123 e. The molecule has 1 unspecified atom stereocenters. The third-order valence-corrected chi connectivity index (χ3v) is 3.08. The van der Waals surface area contributed by atoms with Crippen molar-refractivity contribution in [2.24, 2.45) is 0 Å². The molecule has 0 aliphatic carbocycles. The van der Waals surface area contributed by atoms with Crippen LogP contribution in [0.2, 0.25) is 0 Å². The Morgan fingerprint density at radius 2 is 1.94 bits per heavy atom. The van der Waals surface area contributed by atoms with Gasteiger partial charge in [-0.1, -0.05) is 24.3 Å². The molecule has 2 aromatic rings. The lowest BCUT2D eigenvalue weighted by Crippen LogP contribution is -2.06. The van der Waals surface area contributed by atoms with E-state index in [4.69, 9.17) is 5.73 Å². The van der Waals surface area contributed by atoms with Gasteiger partial charge >= 0.3 is 0 Å². The third-order valence-electron chi connectivity index (χ3n) is 3.08. The van der Waals surface area contributed by atoms with Gasteiger partial charge in [-0.3, -0.25) is 0 Å². The molecule has 0 spiro atoms. The van der Waals surface area contributed by atoms with Gasteiger partial charge in [0.05, 0.1) is 6.10 Å². The van der Waals surface area contributed by atoms with Crippen molar-refractivity contribution >= 4 is 5.69 Å². The Kier molecular flexibility index (Phi) is 3.63. The number of hydrogen-bond acceptors (Lipinski definition) is 2. The molecule has 3 N–H and O–H groups in total. The summed E-state index contributed by atoms with van der Waals surface area (Å²) in [7, 11) is 0. The van der Waals surface area contributed by atoms with Crippen LogP contribution in [0.15, 0.2) is 42.5 Å². The lowest BCUT2D eigenvalue weighted by Gasteiger charge is -2.14. The van der Waals surface area contributed by atoms with Crippen LogP contribution in [0.4, 0.5) is 10.1 Å². The summed E-state index contributed by atoms with van der Waals surface area (Å²) in [6.45, 7) is 1.90. The summed E-state index contributed by atoms with van der Waals surface area (Å²) in [5, 5.41) is 10.2. The van der Waals surface area contributed by atoms with E-state index in [9.17, 15) is 9.50 Å². The number of nitrogens with two attached hydrogens (primary N) is 1. The average Bonchev–Trinajstić information content (AvgIpc) is 2.34. The maximum atomic E-state index is 13.2. The highest BCUT2D eigenvalue weighted by Gasteiger charge is 2.13. The molecule has 1 atom stereocenters. The predicted molar refractivity (Wildman–Crippen MR) is 70.7 cm³/mol.